The number of rotatable bonds is 3. The molecule has 0 aliphatic heterocycles. The molecule has 0 radical (unpaired) electrons. The predicted molar refractivity (Wildman–Crippen MR) is 95.2 cm³/mol. The molecule has 1 aromatic heterocycles. The number of carboxylic acid groups (broad SMARTS) is 1. The number of amides is 1. The summed E-state index contributed by atoms with van der Waals surface area (Å²) >= 11 is 1.56. The highest BCUT2D eigenvalue weighted by atomic mass is 32.1. The predicted octanol–water partition coefficient (Wildman–Crippen LogP) is 4.58. The van der Waals surface area contributed by atoms with Crippen molar-refractivity contribution >= 4 is 28.2 Å². The normalized spacial score (nSPS) is 42.2. The average molecular weight is 357 g/mol. The molecule has 25 heavy (non-hydrogen) atoms. The smallest absolute Gasteiger partial charge is 0.339 e. The Morgan fingerprint density at radius 3 is 2.48 bits per heavy atom. The molecule has 5 heteroatoms. The van der Waals surface area contributed by atoms with E-state index in [-0.39, 0.29) is 11.3 Å². The zero-order valence-electron chi connectivity index (χ0n) is 14.2. The molecule has 0 aromatic carbocycles. The van der Waals surface area contributed by atoms with Crippen LogP contribution in [-0.4, -0.2) is 17.0 Å². The van der Waals surface area contributed by atoms with Gasteiger partial charge in [0.15, 0.2) is 0 Å². The number of aromatic carboxylic acids is 1. The molecule has 1 heterocycles. The van der Waals surface area contributed by atoms with Crippen LogP contribution in [0.2, 0.25) is 0 Å². The fourth-order valence-corrected chi connectivity index (χ4v) is 8.77. The third-order valence-electron chi connectivity index (χ3n) is 8.07. The fraction of sp³-hybridized carbons (Fsp3) is 0.700. The number of carbonyl (C=O) groups is 2. The van der Waals surface area contributed by atoms with E-state index in [4.69, 9.17) is 0 Å². The highest BCUT2D eigenvalue weighted by molar-refractivity contribution is 7.17. The summed E-state index contributed by atoms with van der Waals surface area (Å²) in [4.78, 5) is 26.5. The molecule has 5 saturated carbocycles. The van der Waals surface area contributed by atoms with Gasteiger partial charge < -0.3 is 10.4 Å². The second kappa shape index (κ2) is 4.67. The van der Waals surface area contributed by atoms with Crippen molar-refractivity contribution in [2.24, 2.45) is 23.2 Å². The van der Waals surface area contributed by atoms with Crippen LogP contribution in [0.4, 0.5) is 5.00 Å². The van der Waals surface area contributed by atoms with E-state index in [0.29, 0.717) is 28.3 Å². The van der Waals surface area contributed by atoms with Crippen molar-refractivity contribution in [1.29, 1.82) is 0 Å². The standard InChI is InChI=1S/C20H23NO3S/c22-18(23)15-14-11-1-2-12(6-11)16(14)25-17(15)21-19(24)20-7-9-3-10(8-20)5-13(20)4-9/h9-13H,1-8H2,(H,21,24)(H,22,23). The van der Waals surface area contributed by atoms with Gasteiger partial charge in [-0.25, -0.2) is 4.79 Å². The molecule has 1 amide bonds. The Morgan fingerprint density at radius 2 is 1.76 bits per heavy atom. The summed E-state index contributed by atoms with van der Waals surface area (Å²) < 4.78 is 0. The first-order valence-corrected chi connectivity index (χ1v) is 10.6. The Hall–Kier alpha value is -1.36. The van der Waals surface area contributed by atoms with E-state index < -0.39 is 5.97 Å². The van der Waals surface area contributed by atoms with Crippen molar-refractivity contribution in [2.75, 3.05) is 5.32 Å². The maximum atomic E-state index is 13.3. The molecule has 0 spiro atoms. The van der Waals surface area contributed by atoms with Crippen molar-refractivity contribution in [3.05, 3.63) is 16.0 Å². The van der Waals surface area contributed by atoms with Gasteiger partial charge in [-0.05, 0) is 86.5 Å². The van der Waals surface area contributed by atoms with Crippen LogP contribution in [0.25, 0.3) is 0 Å². The summed E-state index contributed by atoms with van der Waals surface area (Å²) in [5.74, 6) is 2.19. The molecule has 6 aliphatic carbocycles. The van der Waals surface area contributed by atoms with Crippen LogP contribution < -0.4 is 5.32 Å². The molecule has 5 fully saturated rings. The highest BCUT2D eigenvalue weighted by Gasteiger charge is 2.61. The van der Waals surface area contributed by atoms with E-state index in [1.807, 2.05) is 0 Å². The third kappa shape index (κ3) is 1.78. The molecule has 7 rings (SSSR count). The summed E-state index contributed by atoms with van der Waals surface area (Å²) in [5, 5.41) is 13.6. The van der Waals surface area contributed by atoms with Crippen LogP contribution in [0.1, 0.15) is 84.0 Å². The first-order valence-electron chi connectivity index (χ1n) is 9.76. The minimum atomic E-state index is -0.866. The van der Waals surface area contributed by atoms with Crippen LogP contribution in [0.15, 0.2) is 0 Å². The average Bonchev–Trinajstić information content (AvgIpc) is 3.31. The number of carboxylic acids is 1. The van der Waals surface area contributed by atoms with Crippen molar-refractivity contribution in [3.8, 4) is 0 Å². The van der Waals surface area contributed by atoms with E-state index in [1.165, 1.54) is 30.6 Å². The molecule has 4 nitrogen and oxygen atoms in total. The molecule has 6 aliphatic rings. The minimum absolute atomic E-state index is 0.122. The van der Waals surface area contributed by atoms with Gasteiger partial charge in [-0.15, -0.1) is 11.3 Å². The number of fused-ring (bicyclic) bond motifs is 5. The SMILES string of the molecule is O=C(O)c1c(NC(=O)C23CC4CC(CC2C4)C3)sc2c1C1CCC2C1. The van der Waals surface area contributed by atoms with Gasteiger partial charge in [-0.1, -0.05) is 0 Å². The first-order chi connectivity index (χ1) is 12.0. The Morgan fingerprint density at radius 1 is 1.04 bits per heavy atom. The van der Waals surface area contributed by atoms with E-state index in [9.17, 15) is 14.7 Å². The molecule has 6 bridgehead atoms. The first kappa shape index (κ1) is 14.8. The van der Waals surface area contributed by atoms with Gasteiger partial charge in [0, 0.05) is 4.88 Å². The van der Waals surface area contributed by atoms with E-state index >= 15 is 0 Å². The summed E-state index contributed by atoms with van der Waals surface area (Å²) in [6, 6.07) is 0. The van der Waals surface area contributed by atoms with Crippen LogP contribution >= 0.6 is 11.3 Å². The van der Waals surface area contributed by atoms with Crippen molar-refractivity contribution in [2.45, 2.75) is 63.2 Å². The van der Waals surface area contributed by atoms with Crippen molar-refractivity contribution in [3.63, 3.8) is 0 Å². The molecule has 132 valence electrons. The summed E-state index contributed by atoms with van der Waals surface area (Å²) in [7, 11) is 0. The third-order valence-corrected chi connectivity index (χ3v) is 9.35. The number of hydrogen-bond acceptors (Lipinski definition) is 3. The maximum absolute atomic E-state index is 13.3. The number of nitrogens with one attached hydrogen (secondary N) is 1. The zero-order valence-corrected chi connectivity index (χ0v) is 15.0. The van der Waals surface area contributed by atoms with Crippen molar-refractivity contribution < 1.29 is 14.7 Å². The van der Waals surface area contributed by atoms with Gasteiger partial charge in [-0.3, -0.25) is 4.79 Å². The van der Waals surface area contributed by atoms with Gasteiger partial charge in [0.05, 0.1) is 11.0 Å². The molecule has 4 atom stereocenters. The Bertz CT molecular complexity index is 798. The lowest BCUT2D eigenvalue weighted by Crippen LogP contribution is -2.37. The number of carbonyl (C=O) groups excluding carboxylic acids is 1. The maximum Gasteiger partial charge on any atom is 0.339 e. The lowest BCUT2D eigenvalue weighted by Gasteiger charge is -2.31. The Kier molecular flexibility index (Phi) is 2.76. The number of anilines is 1. The van der Waals surface area contributed by atoms with Crippen LogP contribution in [0.3, 0.4) is 0 Å². The largest absolute Gasteiger partial charge is 0.478 e. The topological polar surface area (TPSA) is 66.4 Å². The van der Waals surface area contributed by atoms with E-state index in [1.54, 1.807) is 11.3 Å². The monoisotopic (exact) mass is 357 g/mol. The number of hydrogen-bond donors (Lipinski definition) is 2. The zero-order chi connectivity index (χ0) is 16.9. The van der Waals surface area contributed by atoms with Crippen LogP contribution in [-0.2, 0) is 4.79 Å². The molecule has 1 aromatic rings. The summed E-state index contributed by atoms with van der Waals surface area (Å²) in [6.45, 7) is 0. The van der Waals surface area contributed by atoms with E-state index in [0.717, 1.165) is 43.1 Å². The van der Waals surface area contributed by atoms with Crippen molar-refractivity contribution in [1.82, 2.24) is 0 Å². The van der Waals surface area contributed by atoms with Crippen LogP contribution in [0, 0.1) is 23.2 Å². The molecular weight excluding hydrogens is 334 g/mol. The molecule has 0 saturated heterocycles. The van der Waals surface area contributed by atoms with E-state index in [2.05, 4.69) is 5.32 Å². The number of thiophene rings is 1. The highest BCUT2D eigenvalue weighted by Crippen LogP contribution is 2.66. The second-order valence-electron chi connectivity index (χ2n) is 9.25. The van der Waals surface area contributed by atoms with Gasteiger partial charge in [0.2, 0.25) is 5.91 Å². The van der Waals surface area contributed by atoms with Gasteiger partial charge >= 0.3 is 5.97 Å². The fourth-order valence-electron chi connectivity index (χ4n) is 7.35. The molecular formula is C20H23NO3S. The minimum Gasteiger partial charge on any atom is -0.478 e. The lowest BCUT2D eigenvalue weighted by atomic mass is 9.75. The van der Waals surface area contributed by atoms with Gasteiger partial charge in [0.25, 0.3) is 0 Å². The Balaban J connectivity index is 1.36. The van der Waals surface area contributed by atoms with Crippen LogP contribution in [0.5, 0.6) is 0 Å². The summed E-state index contributed by atoms with van der Waals surface area (Å²) in [6.07, 6.45) is 9.18. The quantitative estimate of drug-likeness (QED) is 0.832. The summed E-state index contributed by atoms with van der Waals surface area (Å²) in [5.41, 5.74) is 1.27. The van der Waals surface area contributed by atoms with Gasteiger partial charge in [0.1, 0.15) is 5.00 Å². The molecule has 2 N–H and O–H groups in total. The Labute approximate surface area is 151 Å². The second-order valence-corrected chi connectivity index (χ2v) is 10.3. The van der Waals surface area contributed by atoms with Gasteiger partial charge in [-0.2, -0.15) is 0 Å². The molecule has 4 unspecified atom stereocenters. The lowest BCUT2D eigenvalue weighted by molar-refractivity contribution is -0.127.